The zero-order valence-electron chi connectivity index (χ0n) is 12.7. The Labute approximate surface area is 127 Å². The molecule has 1 unspecified atom stereocenters. The van der Waals surface area contributed by atoms with Crippen LogP contribution in [0.15, 0.2) is 6.07 Å². The van der Waals surface area contributed by atoms with E-state index in [9.17, 15) is 0 Å². The van der Waals surface area contributed by atoms with E-state index < -0.39 is 0 Å². The number of thiocarbonyl (C=S) groups is 1. The minimum Gasteiger partial charge on any atom is -0.389 e. The lowest BCUT2D eigenvalue weighted by Crippen LogP contribution is -2.29. The maximum absolute atomic E-state index is 5.87. The minimum absolute atomic E-state index is 0.414. The SMILES string of the molecule is Cc1cc(C)c(C(N)=S)c(NC(C)C2CCCCC2)n1. The van der Waals surface area contributed by atoms with E-state index in [1.807, 2.05) is 19.9 Å². The molecule has 110 valence electrons. The van der Waals surface area contributed by atoms with Crippen LogP contribution in [0.3, 0.4) is 0 Å². The third-order valence-electron chi connectivity index (χ3n) is 4.31. The molecule has 0 amide bonds. The molecular weight excluding hydrogens is 266 g/mol. The molecule has 3 nitrogen and oxygen atoms in total. The van der Waals surface area contributed by atoms with Crippen molar-refractivity contribution in [1.82, 2.24) is 4.98 Å². The molecule has 1 atom stereocenters. The lowest BCUT2D eigenvalue weighted by atomic mass is 9.84. The molecule has 0 aromatic carbocycles. The zero-order valence-corrected chi connectivity index (χ0v) is 13.5. The van der Waals surface area contributed by atoms with Gasteiger partial charge in [-0.2, -0.15) is 0 Å². The highest BCUT2D eigenvalue weighted by Gasteiger charge is 2.22. The number of aryl methyl sites for hydroxylation is 2. The largest absolute Gasteiger partial charge is 0.389 e. The van der Waals surface area contributed by atoms with Crippen molar-refractivity contribution in [2.45, 2.75) is 58.9 Å². The number of pyridine rings is 1. The molecular formula is C16H25N3S. The average Bonchev–Trinajstić information content (AvgIpc) is 2.38. The Morgan fingerprint density at radius 3 is 2.60 bits per heavy atom. The first-order valence-electron chi connectivity index (χ1n) is 7.53. The van der Waals surface area contributed by atoms with Gasteiger partial charge in [-0.05, 0) is 51.2 Å². The standard InChI is InChI=1S/C16H25N3S/c1-10-9-11(2)18-16(14(10)15(17)20)19-12(3)13-7-5-4-6-8-13/h9,12-13H,4-8H2,1-3H3,(H2,17,20)(H,18,19). The van der Waals surface area contributed by atoms with Gasteiger partial charge in [0.15, 0.2) is 0 Å². The van der Waals surface area contributed by atoms with Crippen LogP contribution in [-0.2, 0) is 0 Å². The first-order chi connectivity index (χ1) is 9.49. The van der Waals surface area contributed by atoms with Crippen molar-refractivity contribution in [1.29, 1.82) is 0 Å². The van der Waals surface area contributed by atoms with Gasteiger partial charge in [-0.15, -0.1) is 0 Å². The van der Waals surface area contributed by atoms with Crippen LogP contribution in [0.4, 0.5) is 5.82 Å². The number of anilines is 1. The number of nitrogens with two attached hydrogens (primary N) is 1. The molecule has 1 heterocycles. The maximum Gasteiger partial charge on any atom is 0.136 e. The number of nitrogens with zero attached hydrogens (tertiary/aromatic N) is 1. The van der Waals surface area contributed by atoms with Crippen LogP contribution in [0, 0.1) is 19.8 Å². The van der Waals surface area contributed by atoms with Crippen LogP contribution in [0.1, 0.15) is 55.8 Å². The number of nitrogens with one attached hydrogen (secondary N) is 1. The van der Waals surface area contributed by atoms with Gasteiger partial charge in [-0.1, -0.05) is 31.5 Å². The van der Waals surface area contributed by atoms with Gasteiger partial charge in [0.05, 0.1) is 5.56 Å². The molecule has 2 rings (SSSR count). The summed E-state index contributed by atoms with van der Waals surface area (Å²) < 4.78 is 0. The van der Waals surface area contributed by atoms with Crippen LogP contribution >= 0.6 is 12.2 Å². The summed E-state index contributed by atoms with van der Waals surface area (Å²) in [7, 11) is 0. The van der Waals surface area contributed by atoms with Crippen molar-refractivity contribution in [3.63, 3.8) is 0 Å². The summed E-state index contributed by atoms with van der Waals surface area (Å²) in [6.45, 7) is 6.30. The van der Waals surface area contributed by atoms with Crippen molar-refractivity contribution in [3.05, 3.63) is 22.9 Å². The van der Waals surface area contributed by atoms with Gasteiger partial charge >= 0.3 is 0 Å². The Balaban J connectivity index is 2.21. The quantitative estimate of drug-likeness (QED) is 0.830. The second-order valence-corrected chi connectivity index (χ2v) is 6.44. The first-order valence-corrected chi connectivity index (χ1v) is 7.94. The molecule has 1 aromatic rings. The van der Waals surface area contributed by atoms with Gasteiger partial charge in [-0.25, -0.2) is 4.98 Å². The Morgan fingerprint density at radius 1 is 1.35 bits per heavy atom. The molecule has 1 fully saturated rings. The van der Waals surface area contributed by atoms with Gasteiger partial charge in [0, 0.05) is 11.7 Å². The highest BCUT2D eigenvalue weighted by Crippen LogP contribution is 2.29. The zero-order chi connectivity index (χ0) is 14.7. The topological polar surface area (TPSA) is 50.9 Å². The van der Waals surface area contributed by atoms with Crippen molar-refractivity contribution in [3.8, 4) is 0 Å². The summed E-state index contributed by atoms with van der Waals surface area (Å²) in [6.07, 6.45) is 6.68. The predicted octanol–water partition coefficient (Wildman–Crippen LogP) is 3.71. The lowest BCUT2D eigenvalue weighted by Gasteiger charge is -2.29. The molecule has 4 heteroatoms. The average molecular weight is 291 g/mol. The molecule has 0 bridgehead atoms. The fourth-order valence-electron chi connectivity index (χ4n) is 3.22. The third-order valence-corrected chi connectivity index (χ3v) is 4.52. The maximum atomic E-state index is 5.87. The van der Waals surface area contributed by atoms with Crippen molar-refractivity contribution in [2.24, 2.45) is 11.7 Å². The van der Waals surface area contributed by atoms with E-state index in [0.29, 0.717) is 11.0 Å². The third kappa shape index (κ3) is 3.48. The fourth-order valence-corrected chi connectivity index (χ4v) is 3.48. The molecule has 0 spiro atoms. The summed E-state index contributed by atoms with van der Waals surface area (Å²) in [6, 6.07) is 2.45. The van der Waals surface area contributed by atoms with Crippen LogP contribution < -0.4 is 11.1 Å². The van der Waals surface area contributed by atoms with Crippen molar-refractivity contribution >= 4 is 23.0 Å². The summed E-state index contributed by atoms with van der Waals surface area (Å²) in [5.41, 5.74) is 8.87. The molecule has 1 aliphatic carbocycles. The molecule has 20 heavy (non-hydrogen) atoms. The second-order valence-electron chi connectivity index (χ2n) is 6.00. The molecule has 1 saturated carbocycles. The molecule has 0 radical (unpaired) electrons. The first kappa shape index (κ1) is 15.2. The Hall–Kier alpha value is -1.16. The van der Waals surface area contributed by atoms with E-state index in [1.165, 1.54) is 32.1 Å². The van der Waals surface area contributed by atoms with E-state index in [0.717, 1.165) is 28.6 Å². The summed E-state index contributed by atoms with van der Waals surface area (Å²) >= 11 is 5.19. The van der Waals surface area contributed by atoms with Crippen molar-refractivity contribution in [2.75, 3.05) is 5.32 Å². The second kappa shape index (κ2) is 6.53. The molecule has 0 saturated heterocycles. The highest BCUT2D eigenvalue weighted by atomic mass is 32.1. The van der Waals surface area contributed by atoms with E-state index in [1.54, 1.807) is 0 Å². The molecule has 0 aliphatic heterocycles. The summed E-state index contributed by atoms with van der Waals surface area (Å²) in [5, 5.41) is 3.56. The molecule has 3 N–H and O–H groups in total. The van der Waals surface area contributed by atoms with Gasteiger partial charge in [0.25, 0.3) is 0 Å². The van der Waals surface area contributed by atoms with E-state index >= 15 is 0 Å². The lowest BCUT2D eigenvalue weighted by molar-refractivity contribution is 0.328. The predicted molar refractivity (Wildman–Crippen MR) is 89.3 cm³/mol. The Bertz CT molecular complexity index is 493. The van der Waals surface area contributed by atoms with Gasteiger partial charge in [0.1, 0.15) is 10.8 Å². The van der Waals surface area contributed by atoms with Crippen LogP contribution in [0.2, 0.25) is 0 Å². The molecule has 1 aromatic heterocycles. The Kier molecular flexibility index (Phi) is 4.97. The van der Waals surface area contributed by atoms with Gasteiger partial charge in [0.2, 0.25) is 0 Å². The van der Waals surface area contributed by atoms with Gasteiger partial charge < -0.3 is 11.1 Å². The fraction of sp³-hybridized carbons (Fsp3) is 0.625. The molecule has 1 aliphatic rings. The van der Waals surface area contributed by atoms with E-state index in [4.69, 9.17) is 18.0 Å². The Morgan fingerprint density at radius 2 is 2.00 bits per heavy atom. The normalized spacial score (nSPS) is 17.8. The monoisotopic (exact) mass is 291 g/mol. The minimum atomic E-state index is 0.414. The summed E-state index contributed by atoms with van der Waals surface area (Å²) in [5.74, 6) is 1.58. The van der Waals surface area contributed by atoms with Crippen LogP contribution in [0.5, 0.6) is 0 Å². The number of hydrogen-bond donors (Lipinski definition) is 2. The number of aromatic nitrogens is 1. The van der Waals surface area contributed by atoms with Crippen molar-refractivity contribution < 1.29 is 0 Å². The summed E-state index contributed by atoms with van der Waals surface area (Å²) in [4.78, 5) is 5.04. The smallest absolute Gasteiger partial charge is 0.136 e. The van der Waals surface area contributed by atoms with Gasteiger partial charge in [-0.3, -0.25) is 0 Å². The van der Waals surface area contributed by atoms with Crippen LogP contribution in [0.25, 0.3) is 0 Å². The van der Waals surface area contributed by atoms with E-state index in [-0.39, 0.29) is 0 Å². The number of hydrogen-bond acceptors (Lipinski definition) is 3. The number of rotatable bonds is 4. The van der Waals surface area contributed by atoms with E-state index in [2.05, 4.69) is 17.2 Å². The van der Waals surface area contributed by atoms with Crippen LogP contribution in [-0.4, -0.2) is 16.0 Å². The highest BCUT2D eigenvalue weighted by molar-refractivity contribution is 7.80.